The van der Waals surface area contributed by atoms with Crippen LogP contribution in [0.3, 0.4) is 0 Å². The molecule has 0 spiro atoms. The number of hydrogen-bond donors (Lipinski definition) is 2. The minimum absolute atomic E-state index is 0. The number of quaternary nitrogens is 1. The highest BCUT2D eigenvalue weighted by Crippen LogP contribution is 2.54. The van der Waals surface area contributed by atoms with Crippen molar-refractivity contribution in [2.45, 2.75) is 18.9 Å². The van der Waals surface area contributed by atoms with Crippen molar-refractivity contribution in [3.05, 3.63) is 34.9 Å². The fourth-order valence-electron chi connectivity index (χ4n) is 4.43. The Kier molecular flexibility index (Phi) is 4.77. The van der Waals surface area contributed by atoms with Crippen LogP contribution in [0.4, 0.5) is 0 Å². The molecule has 1 aliphatic carbocycles. The standard InChI is InChI=1S/C20H23NO4.HI/c1-21(2)6-5-11-8-16(23)20(25-4)19-13-10-17(24-3)15(22)9-12(13)7-14(21)18(11)19;/h8-10,14H,5-7H2,1-4H3,(H-,22,23);1H/t14-;/m0./s1. The first-order chi connectivity index (χ1) is 11.9. The van der Waals surface area contributed by atoms with Crippen LogP contribution >= 0.6 is 0 Å². The summed E-state index contributed by atoms with van der Waals surface area (Å²) in [7, 11) is 7.61. The molecule has 140 valence electrons. The van der Waals surface area contributed by atoms with Crippen LogP contribution in [0, 0.1) is 0 Å². The monoisotopic (exact) mass is 469 g/mol. The first-order valence-electron chi connectivity index (χ1n) is 8.53. The molecule has 26 heavy (non-hydrogen) atoms. The van der Waals surface area contributed by atoms with Crippen molar-refractivity contribution in [3.63, 3.8) is 0 Å². The summed E-state index contributed by atoms with van der Waals surface area (Å²) in [5.74, 6) is 1.24. The number of ether oxygens (including phenoxy) is 2. The Morgan fingerprint density at radius 3 is 2.35 bits per heavy atom. The van der Waals surface area contributed by atoms with E-state index in [4.69, 9.17) is 9.47 Å². The number of methoxy groups -OCH3 is 2. The minimum atomic E-state index is 0. The maximum atomic E-state index is 10.5. The quantitative estimate of drug-likeness (QED) is 0.481. The summed E-state index contributed by atoms with van der Waals surface area (Å²) in [5.41, 5.74) is 5.41. The molecule has 0 saturated heterocycles. The summed E-state index contributed by atoms with van der Waals surface area (Å²) in [6.07, 6.45) is 1.77. The van der Waals surface area contributed by atoms with Gasteiger partial charge in [0.25, 0.3) is 0 Å². The summed E-state index contributed by atoms with van der Waals surface area (Å²) in [6.45, 7) is 1.01. The lowest BCUT2D eigenvalue weighted by Gasteiger charge is -2.46. The van der Waals surface area contributed by atoms with Gasteiger partial charge in [-0.3, -0.25) is 0 Å². The summed E-state index contributed by atoms with van der Waals surface area (Å²) < 4.78 is 11.8. The molecule has 2 aromatic rings. The third-order valence-corrected chi connectivity index (χ3v) is 5.81. The first kappa shape index (κ1) is 19.1. The number of rotatable bonds is 2. The highest BCUT2D eigenvalue weighted by Gasteiger charge is 2.43. The van der Waals surface area contributed by atoms with E-state index >= 15 is 0 Å². The molecular formula is C20H24INO4. The molecule has 1 aliphatic heterocycles. The molecule has 2 N–H and O–H groups in total. The molecule has 0 radical (unpaired) electrons. The molecule has 6 heteroatoms. The third-order valence-electron chi connectivity index (χ3n) is 5.81. The topological polar surface area (TPSA) is 58.9 Å². The lowest BCUT2D eigenvalue weighted by molar-refractivity contribution is -0.923. The molecule has 0 unspecified atom stereocenters. The number of fused-ring (bicyclic) bond motifs is 2. The zero-order valence-corrected chi connectivity index (χ0v) is 17.6. The third kappa shape index (κ3) is 2.62. The maximum absolute atomic E-state index is 10.5. The van der Waals surface area contributed by atoms with Gasteiger partial charge in [0.05, 0.1) is 34.9 Å². The lowest BCUT2D eigenvalue weighted by Crippen LogP contribution is -3.00. The highest BCUT2D eigenvalue weighted by atomic mass is 127. The van der Waals surface area contributed by atoms with Crippen LogP contribution in [-0.4, -0.2) is 49.6 Å². The van der Waals surface area contributed by atoms with Crippen LogP contribution in [0.1, 0.15) is 22.7 Å². The number of nitrogens with zero attached hydrogens (tertiary/aromatic N) is 1. The number of hydrogen-bond acceptors (Lipinski definition) is 4. The van der Waals surface area contributed by atoms with Crippen LogP contribution in [-0.2, 0) is 12.8 Å². The van der Waals surface area contributed by atoms with E-state index in [9.17, 15) is 10.2 Å². The predicted octanol–water partition coefficient (Wildman–Crippen LogP) is 0.0157. The Hall–Kier alpha value is -1.67. The summed E-state index contributed by atoms with van der Waals surface area (Å²) >= 11 is 0. The van der Waals surface area contributed by atoms with Crippen molar-refractivity contribution in [3.8, 4) is 34.1 Å². The number of phenols is 2. The van der Waals surface area contributed by atoms with Gasteiger partial charge in [-0.15, -0.1) is 0 Å². The van der Waals surface area contributed by atoms with Crippen LogP contribution in [0.5, 0.6) is 23.0 Å². The second-order valence-electron chi connectivity index (χ2n) is 7.53. The van der Waals surface area contributed by atoms with Gasteiger partial charge in [-0.2, -0.15) is 0 Å². The Morgan fingerprint density at radius 2 is 1.69 bits per heavy atom. The zero-order chi connectivity index (χ0) is 17.9. The Balaban J connectivity index is 0.00000196. The van der Waals surface area contributed by atoms with Crippen LogP contribution in [0.25, 0.3) is 11.1 Å². The minimum Gasteiger partial charge on any atom is -1.00 e. The van der Waals surface area contributed by atoms with Crippen LogP contribution in [0.2, 0.25) is 0 Å². The van der Waals surface area contributed by atoms with Crippen molar-refractivity contribution in [2.24, 2.45) is 0 Å². The van der Waals surface area contributed by atoms with E-state index in [0.29, 0.717) is 11.5 Å². The predicted molar refractivity (Wildman–Crippen MR) is 95.4 cm³/mol. The molecule has 1 atom stereocenters. The van der Waals surface area contributed by atoms with Crippen molar-refractivity contribution in [1.82, 2.24) is 0 Å². The second kappa shape index (κ2) is 6.49. The Bertz CT molecular complexity index is 879. The van der Waals surface area contributed by atoms with Crippen molar-refractivity contribution in [2.75, 3.05) is 34.9 Å². The van der Waals surface area contributed by atoms with Gasteiger partial charge in [0.2, 0.25) is 0 Å². The molecule has 5 nitrogen and oxygen atoms in total. The van der Waals surface area contributed by atoms with Gasteiger partial charge in [-0.1, -0.05) is 0 Å². The number of halogens is 1. The SMILES string of the molecule is COc1cc2c(cc1O)C[C@H]1c3c(cc(O)c(OC)c3-2)CC[N+]1(C)C.[I-]. The van der Waals surface area contributed by atoms with Gasteiger partial charge in [-0.05, 0) is 34.9 Å². The molecule has 0 fully saturated rings. The van der Waals surface area contributed by atoms with E-state index in [1.807, 2.05) is 12.1 Å². The van der Waals surface area contributed by atoms with Gasteiger partial charge >= 0.3 is 0 Å². The number of benzene rings is 2. The first-order valence-corrected chi connectivity index (χ1v) is 8.53. The van der Waals surface area contributed by atoms with E-state index in [2.05, 4.69) is 14.1 Å². The zero-order valence-electron chi connectivity index (χ0n) is 15.5. The van der Waals surface area contributed by atoms with E-state index < -0.39 is 0 Å². The van der Waals surface area contributed by atoms with Gasteiger partial charge in [-0.25, -0.2) is 0 Å². The molecule has 1 heterocycles. The maximum Gasteiger partial charge on any atom is 0.168 e. The molecule has 2 aliphatic rings. The number of phenolic OH excluding ortho intramolecular Hbond substituents is 2. The van der Waals surface area contributed by atoms with Crippen molar-refractivity contribution in [1.29, 1.82) is 0 Å². The summed E-state index contributed by atoms with van der Waals surface area (Å²) in [6, 6.07) is 5.77. The Labute approximate surface area is 170 Å². The fourth-order valence-corrected chi connectivity index (χ4v) is 4.43. The molecular weight excluding hydrogens is 445 g/mol. The van der Waals surface area contributed by atoms with E-state index in [-0.39, 0.29) is 41.5 Å². The van der Waals surface area contributed by atoms with Crippen LogP contribution in [0.15, 0.2) is 18.2 Å². The highest BCUT2D eigenvalue weighted by molar-refractivity contribution is 5.84. The molecule has 0 amide bonds. The summed E-state index contributed by atoms with van der Waals surface area (Å²) in [4.78, 5) is 0. The fraction of sp³-hybridized carbons (Fsp3) is 0.400. The lowest BCUT2D eigenvalue weighted by atomic mass is 9.75. The van der Waals surface area contributed by atoms with Crippen LogP contribution < -0.4 is 33.5 Å². The number of aromatic hydroxyl groups is 2. The van der Waals surface area contributed by atoms with E-state index in [1.165, 1.54) is 11.1 Å². The van der Waals surface area contributed by atoms with Crippen molar-refractivity contribution < 1.29 is 48.1 Å². The molecule has 0 saturated carbocycles. The van der Waals surface area contributed by atoms with E-state index in [1.54, 1.807) is 20.3 Å². The average molecular weight is 469 g/mol. The Morgan fingerprint density at radius 1 is 1.00 bits per heavy atom. The average Bonchev–Trinajstić information content (AvgIpc) is 2.57. The number of likely N-dealkylation sites (N-methyl/N-ethyl adjacent to an activating group) is 1. The smallest absolute Gasteiger partial charge is 0.168 e. The van der Waals surface area contributed by atoms with Gasteiger partial charge < -0.3 is 48.1 Å². The van der Waals surface area contributed by atoms with Gasteiger partial charge in [0.15, 0.2) is 23.0 Å². The summed E-state index contributed by atoms with van der Waals surface area (Å²) in [5, 5.41) is 20.8. The van der Waals surface area contributed by atoms with E-state index in [0.717, 1.165) is 40.6 Å². The molecule has 0 aromatic heterocycles. The molecule has 4 rings (SSSR count). The molecule has 0 bridgehead atoms. The van der Waals surface area contributed by atoms with Gasteiger partial charge in [0, 0.05) is 24.0 Å². The van der Waals surface area contributed by atoms with Gasteiger partial charge in [0.1, 0.15) is 6.04 Å². The normalized spacial score (nSPS) is 19.0. The second-order valence-corrected chi connectivity index (χ2v) is 7.53. The largest absolute Gasteiger partial charge is 1.00 e. The molecule has 2 aromatic carbocycles. The van der Waals surface area contributed by atoms with Crippen molar-refractivity contribution >= 4 is 0 Å².